The summed E-state index contributed by atoms with van der Waals surface area (Å²) in [4.78, 5) is 15.6. The second kappa shape index (κ2) is 8.07. The van der Waals surface area contributed by atoms with Gasteiger partial charge in [-0.3, -0.25) is 9.69 Å². The molecule has 3 aromatic rings. The number of halogens is 1. The lowest BCUT2D eigenvalue weighted by atomic mass is 9.87. The summed E-state index contributed by atoms with van der Waals surface area (Å²) >= 11 is 0. The van der Waals surface area contributed by atoms with Crippen LogP contribution in [0.25, 0.3) is 0 Å². The summed E-state index contributed by atoms with van der Waals surface area (Å²) in [5.41, 5.74) is 4.21. The molecule has 0 bridgehead atoms. The average Bonchev–Trinajstić information content (AvgIpc) is 3.14. The van der Waals surface area contributed by atoms with Crippen LogP contribution in [-0.2, 0) is 6.54 Å². The van der Waals surface area contributed by atoms with E-state index in [1.807, 2.05) is 42.5 Å². The number of nitrogens with zero attached hydrogens (tertiary/aromatic N) is 1. The van der Waals surface area contributed by atoms with Crippen LogP contribution in [0, 0.1) is 18.7 Å². The second-order valence-electron chi connectivity index (χ2n) is 7.58. The number of carbonyl (C=O) groups is 1. The Morgan fingerprint density at radius 3 is 2.32 bits per heavy atom. The minimum Gasteiger partial charge on any atom is -0.294 e. The number of hydrogen-bond donors (Lipinski definition) is 0. The van der Waals surface area contributed by atoms with Crippen LogP contribution in [0.1, 0.15) is 39.5 Å². The van der Waals surface area contributed by atoms with Gasteiger partial charge in [-0.25, -0.2) is 4.39 Å². The lowest BCUT2D eigenvalue weighted by Gasteiger charge is -2.28. The first-order valence-electron chi connectivity index (χ1n) is 9.76. The molecule has 2 nitrogen and oxygen atoms in total. The standard InChI is InChI=1S/C25H24FNO/c1-18-7-9-19(10-8-18)17-27-16-15-23(25(28)21-5-3-2-4-6-21)24(27)20-11-13-22(26)14-12-20/h2-14,23-24H,15-17H2,1H3/t23-,24-/m0/s1. The van der Waals surface area contributed by atoms with E-state index in [0.29, 0.717) is 0 Å². The first-order chi connectivity index (χ1) is 13.6. The van der Waals surface area contributed by atoms with Crippen LogP contribution in [0.15, 0.2) is 78.9 Å². The molecule has 0 N–H and O–H groups in total. The third-order valence-electron chi connectivity index (χ3n) is 5.61. The highest BCUT2D eigenvalue weighted by molar-refractivity contribution is 5.98. The van der Waals surface area contributed by atoms with Crippen molar-refractivity contribution in [1.82, 2.24) is 4.90 Å². The van der Waals surface area contributed by atoms with E-state index in [4.69, 9.17) is 0 Å². The minimum atomic E-state index is -0.252. The van der Waals surface area contributed by atoms with Crippen molar-refractivity contribution in [3.05, 3.63) is 107 Å². The number of carbonyl (C=O) groups excluding carboxylic acids is 1. The zero-order chi connectivity index (χ0) is 19.5. The Balaban J connectivity index is 1.65. The van der Waals surface area contributed by atoms with Gasteiger partial charge in [0.25, 0.3) is 0 Å². The van der Waals surface area contributed by atoms with Gasteiger partial charge in [-0.05, 0) is 43.1 Å². The zero-order valence-electron chi connectivity index (χ0n) is 16.0. The molecule has 1 heterocycles. The van der Waals surface area contributed by atoms with Gasteiger partial charge in [0.1, 0.15) is 5.82 Å². The Morgan fingerprint density at radius 1 is 0.964 bits per heavy atom. The molecule has 3 aromatic carbocycles. The molecule has 3 heteroatoms. The van der Waals surface area contributed by atoms with Gasteiger partial charge in [0.15, 0.2) is 5.78 Å². The van der Waals surface area contributed by atoms with Gasteiger partial charge in [0.05, 0.1) is 0 Å². The topological polar surface area (TPSA) is 20.3 Å². The Bertz CT molecular complexity index is 935. The maximum absolute atomic E-state index is 13.5. The summed E-state index contributed by atoms with van der Waals surface area (Å²) in [6, 6.07) is 24.6. The Labute approximate surface area is 165 Å². The van der Waals surface area contributed by atoms with Crippen molar-refractivity contribution in [3.63, 3.8) is 0 Å². The molecule has 0 saturated carbocycles. The van der Waals surface area contributed by atoms with Gasteiger partial charge in [0, 0.05) is 24.1 Å². The molecule has 0 spiro atoms. The quantitative estimate of drug-likeness (QED) is 0.544. The van der Waals surface area contributed by atoms with E-state index in [2.05, 4.69) is 36.1 Å². The van der Waals surface area contributed by atoms with E-state index in [0.717, 1.165) is 30.6 Å². The lowest BCUT2D eigenvalue weighted by molar-refractivity contribution is 0.0878. The van der Waals surface area contributed by atoms with Gasteiger partial charge in [-0.2, -0.15) is 0 Å². The zero-order valence-corrected chi connectivity index (χ0v) is 16.0. The maximum Gasteiger partial charge on any atom is 0.167 e. The van der Waals surface area contributed by atoms with Crippen molar-refractivity contribution >= 4 is 5.78 Å². The molecule has 0 radical (unpaired) electrons. The van der Waals surface area contributed by atoms with Crippen LogP contribution in [0.3, 0.4) is 0 Å². The van der Waals surface area contributed by atoms with E-state index in [9.17, 15) is 9.18 Å². The maximum atomic E-state index is 13.5. The summed E-state index contributed by atoms with van der Waals surface area (Å²) in [5, 5.41) is 0. The van der Waals surface area contributed by atoms with Gasteiger partial charge in [0.2, 0.25) is 0 Å². The van der Waals surface area contributed by atoms with Crippen LogP contribution >= 0.6 is 0 Å². The van der Waals surface area contributed by atoms with E-state index >= 15 is 0 Å². The second-order valence-corrected chi connectivity index (χ2v) is 7.58. The number of likely N-dealkylation sites (tertiary alicyclic amines) is 1. The van der Waals surface area contributed by atoms with Crippen LogP contribution in [-0.4, -0.2) is 17.2 Å². The summed E-state index contributed by atoms with van der Waals surface area (Å²) in [7, 11) is 0. The molecule has 142 valence electrons. The van der Waals surface area contributed by atoms with Crippen molar-refractivity contribution in [2.75, 3.05) is 6.54 Å². The number of hydrogen-bond acceptors (Lipinski definition) is 2. The molecular formula is C25H24FNO. The van der Waals surface area contributed by atoms with Gasteiger partial charge in [-0.1, -0.05) is 72.3 Å². The summed E-state index contributed by atoms with van der Waals surface area (Å²) in [6.45, 7) is 3.70. The number of ketones is 1. The number of benzene rings is 3. The van der Waals surface area contributed by atoms with Crippen molar-refractivity contribution in [3.8, 4) is 0 Å². The molecule has 28 heavy (non-hydrogen) atoms. The van der Waals surface area contributed by atoms with Crippen molar-refractivity contribution in [2.24, 2.45) is 5.92 Å². The molecule has 1 aliphatic rings. The highest BCUT2D eigenvalue weighted by Gasteiger charge is 2.39. The van der Waals surface area contributed by atoms with Crippen LogP contribution in [0.5, 0.6) is 0 Å². The normalized spacial score (nSPS) is 19.6. The van der Waals surface area contributed by atoms with E-state index in [1.165, 1.54) is 23.3 Å². The van der Waals surface area contributed by atoms with Crippen molar-refractivity contribution in [2.45, 2.75) is 25.9 Å². The first kappa shape index (κ1) is 18.6. The Hall–Kier alpha value is -2.78. The number of rotatable bonds is 5. The summed E-state index contributed by atoms with van der Waals surface area (Å²) in [5.74, 6) is -0.211. The van der Waals surface area contributed by atoms with Crippen LogP contribution < -0.4 is 0 Å². The smallest absolute Gasteiger partial charge is 0.167 e. The molecule has 1 fully saturated rings. The number of Topliss-reactive ketones (excluding diaryl/α,β-unsaturated/α-hetero) is 1. The molecule has 1 saturated heterocycles. The summed E-state index contributed by atoms with van der Waals surface area (Å²) in [6.07, 6.45) is 0.807. The predicted molar refractivity (Wildman–Crippen MR) is 110 cm³/mol. The van der Waals surface area contributed by atoms with Gasteiger partial charge >= 0.3 is 0 Å². The molecule has 1 aliphatic heterocycles. The van der Waals surface area contributed by atoms with E-state index in [1.54, 1.807) is 0 Å². The molecule has 0 unspecified atom stereocenters. The largest absolute Gasteiger partial charge is 0.294 e. The average molecular weight is 373 g/mol. The minimum absolute atomic E-state index is 0.0467. The van der Waals surface area contributed by atoms with Crippen LogP contribution in [0.2, 0.25) is 0 Å². The van der Waals surface area contributed by atoms with E-state index < -0.39 is 0 Å². The highest BCUT2D eigenvalue weighted by atomic mass is 19.1. The molecular weight excluding hydrogens is 349 g/mol. The lowest BCUT2D eigenvalue weighted by Crippen LogP contribution is -2.28. The van der Waals surface area contributed by atoms with Crippen molar-refractivity contribution < 1.29 is 9.18 Å². The molecule has 0 amide bonds. The molecule has 0 aromatic heterocycles. The highest BCUT2D eigenvalue weighted by Crippen LogP contribution is 2.40. The molecule has 2 atom stereocenters. The number of aryl methyl sites for hydroxylation is 1. The third kappa shape index (κ3) is 3.90. The fourth-order valence-corrected chi connectivity index (χ4v) is 4.16. The van der Waals surface area contributed by atoms with Crippen molar-refractivity contribution in [1.29, 1.82) is 0 Å². The summed E-state index contributed by atoms with van der Waals surface area (Å²) < 4.78 is 13.5. The third-order valence-corrected chi connectivity index (χ3v) is 5.61. The Morgan fingerprint density at radius 2 is 1.64 bits per heavy atom. The Kier molecular flexibility index (Phi) is 5.36. The fourth-order valence-electron chi connectivity index (χ4n) is 4.16. The first-order valence-corrected chi connectivity index (χ1v) is 9.76. The monoisotopic (exact) mass is 373 g/mol. The SMILES string of the molecule is Cc1ccc(CN2CC[C@H](C(=O)c3ccccc3)[C@@H]2c2ccc(F)cc2)cc1. The molecule has 0 aliphatic carbocycles. The van der Waals surface area contributed by atoms with Gasteiger partial charge < -0.3 is 0 Å². The predicted octanol–water partition coefficient (Wildman–Crippen LogP) is 5.58. The molecule has 4 rings (SSSR count). The van der Waals surface area contributed by atoms with Gasteiger partial charge in [-0.15, -0.1) is 0 Å². The fraction of sp³-hybridized carbons (Fsp3) is 0.240. The van der Waals surface area contributed by atoms with Crippen LogP contribution in [0.4, 0.5) is 4.39 Å². The van der Waals surface area contributed by atoms with E-state index in [-0.39, 0.29) is 23.6 Å².